The van der Waals surface area contributed by atoms with E-state index < -0.39 is 10.0 Å². The van der Waals surface area contributed by atoms with E-state index in [0.717, 1.165) is 10.2 Å². The lowest BCUT2D eigenvalue weighted by Gasteiger charge is -2.19. The van der Waals surface area contributed by atoms with Crippen LogP contribution in [0.3, 0.4) is 0 Å². The fourth-order valence-electron chi connectivity index (χ4n) is 3.01. The molecule has 1 fully saturated rings. The average Bonchev–Trinajstić information content (AvgIpc) is 3.23. The van der Waals surface area contributed by atoms with E-state index in [0.29, 0.717) is 29.3 Å². The molecule has 6 nitrogen and oxygen atoms in total. The van der Waals surface area contributed by atoms with Crippen LogP contribution in [0, 0.1) is 0 Å². The molecule has 2 aromatic carbocycles. The van der Waals surface area contributed by atoms with Gasteiger partial charge in [0.2, 0.25) is 10.0 Å². The zero-order valence-electron chi connectivity index (χ0n) is 14.1. The van der Waals surface area contributed by atoms with Gasteiger partial charge in [-0.05, 0) is 36.8 Å². The van der Waals surface area contributed by atoms with E-state index in [9.17, 15) is 13.2 Å². The number of benzene rings is 2. The molecule has 0 aliphatic carbocycles. The molecule has 26 heavy (non-hydrogen) atoms. The number of amides is 1. The second kappa shape index (κ2) is 6.37. The van der Waals surface area contributed by atoms with Gasteiger partial charge in [-0.25, -0.2) is 13.4 Å². The summed E-state index contributed by atoms with van der Waals surface area (Å²) in [4.78, 5) is 18.9. The summed E-state index contributed by atoms with van der Waals surface area (Å²) in [5.74, 6) is -0.0703. The summed E-state index contributed by atoms with van der Waals surface area (Å²) in [6.45, 7) is 0.452. The Bertz CT molecular complexity index is 1060. The highest BCUT2D eigenvalue weighted by molar-refractivity contribution is 7.93. The third-order valence-electron chi connectivity index (χ3n) is 4.35. The normalized spacial score (nSPS) is 16.1. The van der Waals surface area contributed by atoms with E-state index in [1.54, 1.807) is 31.3 Å². The van der Waals surface area contributed by atoms with Gasteiger partial charge < -0.3 is 0 Å². The predicted molar refractivity (Wildman–Crippen MR) is 105 cm³/mol. The lowest BCUT2D eigenvalue weighted by Crippen LogP contribution is -2.28. The van der Waals surface area contributed by atoms with Crippen molar-refractivity contribution in [3.63, 3.8) is 0 Å². The molecule has 3 aromatic rings. The Morgan fingerprint density at radius 2 is 2.00 bits per heavy atom. The minimum atomic E-state index is -3.27. The van der Waals surface area contributed by atoms with Crippen LogP contribution in [0.2, 0.25) is 0 Å². The van der Waals surface area contributed by atoms with E-state index in [2.05, 4.69) is 4.98 Å². The van der Waals surface area contributed by atoms with Crippen LogP contribution in [0.5, 0.6) is 0 Å². The van der Waals surface area contributed by atoms with Crippen molar-refractivity contribution in [1.29, 1.82) is 0 Å². The Labute approximate surface area is 155 Å². The van der Waals surface area contributed by atoms with Crippen molar-refractivity contribution >= 4 is 48.3 Å². The molecule has 2 heterocycles. The van der Waals surface area contributed by atoms with Gasteiger partial charge in [-0.1, -0.05) is 29.5 Å². The number of thiazole rings is 1. The zero-order valence-corrected chi connectivity index (χ0v) is 15.8. The van der Waals surface area contributed by atoms with Crippen molar-refractivity contribution < 1.29 is 13.2 Å². The molecule has 134 valence electrons. The van der Waals surface area contributed by atoms with Crippen molar-refractivity contribution in [3.8, 4) is 0 Å². The Kier molecular flexibility index (Phi) is 4.16. The van der Waals surface area contributed by atoms with Crippen LogP contribution in [0.25, 0.3) is 10.2 Å². The molecule has 0 saturated carbocycles. The van der Waals surface area contributed by atoms with Crippen LogP contribution in [0.15, 0.2) is 48.5 Å². The third-order valence-corrected chi connectivity index (χ3v) is 7.34. The Morgan fingerprint density at radius 1 is 1.19 bits per heavy atom. The second-order valence-corrected chi connectivity index (χ2v) is 9.14. The summed E-state index contributed by atoms with van der Waals surface area (Å²) in [5, 5.41) is 0.607. The summed E-state index contributed by atoms with van der Waals surface area (Å²) in [6, 6.07) is 14.5. The highest BCUT2D eigenvalue weighted by atomic mass is 32.2. The van der Waals surface area contributed by atoms with Crippen LogP contribution in [0.4, 0.5) is 10.8 Å². The molecule has 0 unspecified atom stereocenters. The monoisotopic (exact) mass is 387 g/mol. The number of carbonyl (C=O) groups is 1. The number of carbonyl (C=O) groups excluding carboxylic acids is 1. The van der Waals surface area contributed by atoms with Crippen molar-refractivity contribution in [3.05, 3.63) is 54.1 Å². The molecule has 1 saturated heterocycles. The number of rotatable bonds is 3. The van der Waals surface area contributed by atoms with Crippen molar-refractivity contribution in [2.75, 3.05) is 28.6 Å². The molecule has 1 aliphatic heterocycles. The van der Waals surface area contributed by atoms with Gasteiger partial charge in [0.1, 0.15) is 0 Å². The van der Waals surface area contributed by atoms with E-state index in [-0.39, 0.29) is 11.7 Å². The van der Waals surface area contributed by atoms with E-state index in [1.807, 2.05) is 24.3 Å². The number of nitrogens with zero attached hydrogens (tertiary/aromatic N) is 3. The van der Waals surface area contributed by atoms with Crippen LogP contribution >= 0.6 is 11.3 Å². The highest BCUT2D eigenvalue weighted by Gasteiger charge is 2.29. The van der Waals surface area contributed by atoms with Gasteiger partial charge >= 0.3 is 0 Å². The van der Waals surface area contributed by atoms with Crippen molar-refractivity contribution in [2.45, 2.75) is 6.42 Å². The number of anilines is 2. The molecule has 0 atom stereocenters. The van der Waals surface area contributed by atoms with Gasteiger partial charge in [-0.3, -0.25) is 14.0 Å². The summed E-state index contributed by atoms with van der Waals surface area (Å²) < 4.78 is 26.6. The minimum Gasteiger partial charge on any atom is -0.287 e. The molecule has 0 N–H and O–H groups in total. The first kappa shape index (κ1) is 17.0. The fourth-order valence-corrected chi connectivity index (χ4v) is 5.49. The number of fused-ring (bicyclic) bond motifs is 1. The topological polar surface area (TPSA) is 70.6 Å². The maximum atomic E-state index is 12.9. The second-order valence-electron chi connectivity index (χ2n) is 6.12. The Morgan fingerprint density at radius 3 is 2.73 bits per heavy atom. The average molecular weight is 387 g/mol. The molecule has 1 aromatic heterocycles. The van der Waals surface area contributed by atoms with Gasteiger partial charge in [0.15, 0.2) is 5.13 Å². The minimum absolute atomic E-state index is 0.150. The molecular weight excluding hydrogens is 370 g/mol. The van der Waals surface area contributed by atoms with Crippen molar-refractivity contribution in [1.82, 2.24) is 4.98 Å². The molecule has 1 aliphatic rings. The first-order valence-corrected chi connectivity index (χ1v) is 10.6. The maximum absolute atomic E-state index is 12.9. The van der Waals surface area contributed by atoms with Gasteiger partial charge in [0.05, 0.1) is 21.7 Å². The van der Waals surface area contributed by atoms with Crippen LogP contribution < -0.4 is 9.21 Å². The number of hydrogen-bond donors (Lipinski definition) is 0. The molecule has 4 rings (SSSR count). The molecule has 8 heteroatoms. The van der Waals surface area contributed by atoms with E-state index in [4.69, 9.17) is 0 Å². The smallest absolute Gasteiger partial charge is 0.259 e. The van der Waals surface area contributed by atoms with Crippen LogP contribution in [-0.2, 0) is 10.0 Å². The Hall–Kier alpha value is -2.45. The summed E-state index contributed by atoms with van der Waals surface area (Å²) >= 11 is 1.45. The summed E-state index contributed by atoms with van der Waals surface area (Å²) in [7, 11) is -1.59. The molecular formula is C18H17N3O3S2. The first-order valence-electron chi connectivity index (χ1n) is 8.20. The number of para-hydroxylation sites is 1. The zero-order chi connectivity index (χ0) is 18.3. The summed E-state index contributed by atoms with van der Waals surface area (Å²) in [5.41, 5.74) is 1.82. The van der Waals surface area contributed by atoms with Crippen LogP contribution in [-0.4, -0.2) is 38.7 Å². The SMILES string of the molecule is CN(C(=O)c1cccc(N2CCCS2(=O)=O)c1)c1nc2ccccc2s1. The number of sulfonamides is 1. The molecule has 1 amide bonds. The quantitative estimate of drug-likeness (QED) is 0.692. The van der Waals surface area contributed by atoms with Crippen molar-refractivity contribution in [2.24, 2.45) is 0 Å². The standard InChI is InChI=1S/C18H17N3O3S2/c1-20(18-19-15-8-2-3-9-16(15)25-18)17(22)13-6-4-7-14(12-13)21-10-5-11-26(21,23)24/h2-4,6-9,12H,5,10-11H2,1H3. The van der Waals surface area contributed by atoms with Crippen LogP contribution in [0.1, 0.15) is 16.8 Å². The fraction of sp³-hybridized carbons (Fsp3) is 0.222. The van der Waals surface area contributed by atoms with Gasteiger partial charge in [0.25, 0.3) is 5.91 Å². The molecule has 0 spiro atoms. The lowest BCUT2D eigenvalue weighted by atomic mass is 10.2. The number of hydrogen-bond acceptors (Lipinski definition) is 5. The summed E-state index contributed by atoms with van der Waals surface area (Å²) in [6.07, 6.45) is 0.603. The van der Waals surface area contributed by atoms with Gasteiger partial charge in [-0.2, -0.15) is 0 Å². The maximum Gasteiger partial charge on any atom is 0.259 e. The highest BCUT2D eigenvalue weighted by Crippen LogP contribution is 2.30. The Balaban J connectivity index is 1.64. The molecule has 0 radical (unpaired) electrons. The largest absolute Gasteiger partial charge is 0.287 e. The third kappa shape index (κ3) is 2.95. The van der Waals surface area contributed by atoms with Gasteiger partial charge in [-0.15, -0.1) is 0 Å². The first-order chi connectivity index (χ1) is 12.5. The predicted octanol–water partition coefficient (Wildman–Crippen LogP) is 3.11. The molecule has 0 bridgehead atoms. The van der Waals surface area contributed by atoms with E-state index >= 15 is 0 Å². The van der Waals surface area contributed by atoms with Gasteiger partial charge in [0, 0.05) is 19.2 Å². The lowest BCUT2D eigenvalue weighted by molar-refractivity contribution is 0.0993. The van der Waals surface area contributed by atoms with E-state index in [1.165, 1.54) is 20.5 Å². The number of aromatic nitrogens is 1.